The van der Waals surface area contributed by atoms with Gasteiger partial charge in [0.25, 0.3) is 0 Å². The van der Waals surface area contributed by atoms with E-state index in [1.54, 1.807) is 45.0 Å². The summed E-state index contributed by atoms with van der Waals surface area (Å²) in [6, 6.07) is 17.3. The Balaban J connectivity index is 2.11. The van der Waals surface area contributed by atoms with Gasteiger partial charge in [-0.3, -0.25) is 19.2 Å². The number of amides is 1. The minimum atomic E-state index is -1.03. The lowest BCUT2D eigenvalue weighted by atomic mass is 9.88. The lowest BCUT2D eigenvalue weighted by Crippen LogP contribution is -2.44. The first kappa shape index (κ1) is 25.0. The van der Waals surface area contributed by atoms with E-state index in [0.29, 0.717) is 12.0 Å². The molecule has 6 heteroatoms. The van der Waals surface area contributed by atoms with Crippen molar-refractivity contribution in [2.75, 3.05) is 0 Å². The van der Waals surface area contributed by atoms with E-state index in [9.17, 15) is 24.3 Å². The van der Waals surface area contributed by atoms with Gasteiger partial charge in [0.05, 0.1) is 12.0 Å². The maximum Gasteiger partial charge on any atom is 0.307 e. The fourth-order valence-corrected chi connectivity index (χ4v) is 3.54. The van der Waals surface area contributed by atoms with Crippen molar-refractivity contribution in [3.8, 4) is 0 Å². The summed E-state index contributed by atoms with van der Waals surface area (Å²) in [5.74, 6) is -3.56. The van der Waals surface area contributed by atoms with Gasteiger partial charge in [-0.05, 0) is 24.8 Å². The lowest BCUT2D eigenvalue weighted by Gasteiger charge is -2.22. The standard InChI is InChI=1S/C26H31NO5/c1-17(2)22(26(31)32)16-23(28)18(3)27-25(30)21(14-19-10-6-4-7-11-19)15-24(29)20-12-8-5-9-13-20/h4-13,17-18,21-22H,14-16H2,1-3H3,(H,27,30)(H,31,32)/t18-,21+,22-/m0/s1. The first-order chi connectivity index (χ1) is 15.2. The summed E-state index contributed by atoms with van der Waals surface area (Å²) >= 11 is 0. The van der Waals surface area contributed by atoms with E-state index in [-0.39, 0.29) is 30.3 Å². The first-order valence-corrected chi connectivity index (χ1v) is 10.9. The molecule has 0 aliphatic rings. The van der Waals surface area contributed by atoms with Crippen LogP contribution in [-0.4, -0.2) is 34.6 Å². The van der Waals surface area contributed by atoms with Gasteiger partial charge in [0.1, 0.15) is 0 Å². The Bertz CT molecular complexity index is 924. The number of hydrogen-bond acceptors (Lipinski definition) is 4. The molecular formula is C26H31NO5. The Morgan fingerprint density at radius 3 is 1.94 bits per heavy atom. The van der Waals surface area contributed by atoms with Crippen LogP contribution in [0.15, 0.2) is 60.7 Å². The van der Waals surface area contributed by atoms with Gasteiger partial charge >= 0.3 is 5.97 Å². The van der Waals surface area contributed by atoms with Crippen molar-refractivity contribution in [1.82, 2.24) is 5.32 Å². The molecule has 0 radical (unpaired) electrons. The Kier molecular flexibility index (Phi) is 9.32. The summed E-state index contributed by atoms with van der Waals surface area (Å²) < 4.78 is 0. The van der Waals surface area contributed by atoms with Gasteiger partial charge in [-0.1, -0.05) is 74.5 Å². The molecule has 170 valence electrons. The third kappa shape index (κ3) is 7.45. The number of carbonyl (C=O) groups is 4. The SMILES string of the molecule is CC(C)[C@H](CC(=O)[C@H](C)NC(=O)[C@@H](CC(=O)c1ccccc1)Cc1ccccc1)C(=O)O. The normalized spacial score (nSPS) is 13.8. The molecule has 3 atom stereocenters. The highest BCUT2D eigenvalue weighted by Crippen LogP contribution is 2.19. The number of Topliss-reactive ketones (excluding diaryl/α,β-unsaturated/α-hetero) is 2. The Labute approximate surface area is 189 Å². The smallest absolute Gasteiger partial charge is 0.307 e. The maximum absolute atomic E-state index is 13.1. The van der Waals surface area contributed by atoms with Crippen LogP contribution in [-0.2, 0) is 20.8 Å². The summed E-state index contributed by atoms with van der Waals surface area (Å²) in [4.78, 5) is 49.8. The zero-order chi connectivity index (χ0) is 23.7. The van der Waals surface area contributed by atoms with Crippen LogP contribution >= 0.6 is 0 Å². The molecule has 0 bridgehead atoms. The van der Waals surface area contributed by atoms with Crippen LogP contribution in [0.3, 0.4) is 0 Å². The van der Waals surface area contributed by atoms with Crippen molar-refractivity contribution in [3.63, 3.8) is 0 Å². The maximum atomic E-state index is 13.1. The highest BCUT2D eigenvalue weighted by molar-refractivity contribution is 5.99. The van der Waals surface area contributed by atoms with Gasteiger partial charge < -0.3 is 10.4 Å². The van der Waals surface area contributed by atoms with E-state index in [2.05, 4.69) is 5.32 Å². The number of carbonyl (C=O) groups excluding carboxylic acids is 3. The van der Waals surface area contributed by atoms with Crippen LogP contribution in [0.4, 0.5) is 0 Å². The van der Waals surface area contributed by atoms with Crippen molar-refractivity contribution in [2.24, 2.45) is 17.8 Å². The first-order valence-electron chi connectivity index (χ1n) is 10.9. The summed E-state index contributed by atoms with van der Waals surface area (Å²) in [6.07, 6.45) is 0.214. The van der Waals surface area contributed by atoms with Crippen LogP contribution in [0.5, 0.6) is 0 Å². The number of rotatable bonds is 12. The van der Waals surface area contributed by atoms with E-state index in [4.69, 9.17) is 0 Å². The van der Waals surface area contributed by atoms with Gasteiger partial charge in [-0.15, -0.1) is 0 Å². The zero-order valence-electron chi connectivity index (χ0n) is 18.8. The molecule has 0 saturated carbocycles. The Morgan fingerprint density at radius 1 is 0.844 bits per heavy atom. The summed E-state index contributed by atoms with van der Waals surface area (Å²) in [7, 11) is 0. The molecular weight excluding hydrogens is 406 g/mol. The summed E-state index contributed by atoms with van der Waals surface area (Å²) in [6.45, 7) is 5.05. The van der Waals surface area contributed by atoms with Crippen molar-refractivity contribution < 1.29 is 24.3 Å². The molecule has 0 heterocycles. The minimum Gasteiger partial charge on any atom is -0.481 e. The molecule has 2 aromatic rings. The van der Waals surface area contributed by atoms with Crippen LogP contribution in [0.1, 0.15) is 49.5 Å². The number of carboxylic acid groups (broad SMARTS) is 1. The highest BCUT2D eigenvalue weighted by Gasteiger charge is 2.29. The average Bonchev–Trinajstić information content (AvgIpc) is 2.77. The summed E-state index contributed by atoms with van der Waals surface area (Å²) in [5, 5.41) is 12.0. The van der Waals surface area contributed by atoms with E-state index >= 15 is 0 Å². The third-order valence-electron chi connectivity index (χ3n) is 5.61. The number of nitrogens with one attached hydrogen (secondary N) is 1. The highest BCUT2D eigenvalue weighted by atomic mass is 16.4. The molecule has 2 rings (SSSR count). The molecule has 0 aliphatic carbocycles. The monoisotopic (exact) mass is 437 g/mol. The fraction of sp³-hybridized carbons (Fsp3) is 0.385. The predicted octanol–water partition coefficient (Wildman–Crippen LogP) is 3.94. The van der Waals surface area contributed by atoms with E-state index < -0.39 is 29.8 Å². The molecule has 1 amide bonds. The van der Waals surface area contributed by atoms with Crippen LogP contribution in [0.25, 0.3) is 0 Å². The molecule has 0 spiro atoms. The predicted molar refractivity (Wildman–Crippen MR) is 122 cm³/mol. The van der Waals surface area contributed by atoms with Gasteiger partial charge in [0.2, 0.25) is 5.91 Å². The van der Waals surface area contributed by atoms with Gasteiger partial charge in [-0.2, -0.15) is 0 Å². The Hall–Kier alpha value is -3.28. The number of carboxylic acids is 1. The van der Waals surface area contributed by atoms with E-state index in [0.717, 1.165) is 5.56 Å². The summed E-state index contributed by atoms with van der Waals surface area (Å²) in [5.41, 5.74) is 1.45. The van der Waals surface area contributed by atoms with Crippen LogP contribution in [0, 0.1) is 17.8 Å². The van der Waals surface area contributed by atoms with Crippen LogP contribution in [0.2, 0.25) is 0 Å². The van der Waals surface area contributed by atoms with Crippen molar-refractivity contribution in [1.29, 1.82) is 0 Å². The molecule has 0 unspecified atom stereocenters. The second-order valence-electron chi connectivity index (χ2n) is 8.47. The molecule has 0 aromatic heterocycles. The van der Waals surface area contributed by atoms with Crippen molar-refractivity contribution in [3.05, 3.63) is 71.8 Å². The molecule has 0 aliphatic heterocycles. The second-order valence-corrected chi connectivity index (χ2v) is 8.47. The van der Waals surface area contributed by atoms with Gasteiger partial charge in [-0.25, -0.2) is 0 Å². The van der Waals surface area contributed by atoms with Crippen molar-refractivity contribution >= 4 is 23.4 Å². The van der Waals surface area contributed by atoms with Crippen molar-refractivity contribution in [2.45, 2.75) is 46.1 Å². The third-order valence-corrected chi connectivity index (χ3v) is 5.61. The number of benzene rings is 2. The molecule has 2 aromatic carbocycles. The van der Waals surface area contributed by atoms with E-state index in [1.165, 1.54) is 0 Å². The van der Waals surface area contributed by atoms with Gasteiger partial charge in [0.15, 0.2) is 11.6 Å². The van der Waals surface area contributed by atoms with Crippen LogP contribution < -0.4 is 5.32 Å². The fourth-order valence-electron chi connectivity index (χ4n) is 3.54. The average molecular weight is 438 g/mol. The Morgan fingerprint density at radius 2 is 1.41 bits per heavy atom. The molecule has 0 saturated heterocycles. The topological polar surface area (TPSA) is 101 Å². The largest absolute Gasteiger partial charge is 0.481 e. The molecule has 6 nitrogen and oxygen atoms in total. The molecule has 2 N–H and O–H groups in total. The quantitative estimate of drug-likeness (QED) is 0.490. The molecule has 32 heavy (non-hydrogen) atoms. The number of ketones is 2. The van der Waals surface area contributed by atoms with E-state index in [1.807, 2.05) is 36.4 Å². The zero-order valence-corrected chi connectivity index (χ0v) is 18.8. The van der Waals surface area contributed by atoms with Gasteiger partial charge in [0, 0.05) is 24.3 Å². The molecule has 0 fully saturated rings. The number of aliphatic carboxylic acids is 1. The lowest BCUT2D eigenvalue weighted by molar-refractivity contribution is -0.145. The minimum absolute atomic E-state index is 0.00932. The second kappa shape index (κ2) is 11.9. The number of hydrogen-bond donors (Lipinski definition) is 2.